The number of amidine groups is 1. The Morgan fingerprint density at radius 1 is 1.03 bits per heavy atom. The van der Waals surface area contributed by atoms with Crippen molar-refractivity contribution in [2.75, 3.05) is 5.73 Å². The smallest absolute Gasteiger partial charge is 0.425 e. The molecule has 1 heterocycles. The number of aliphatic imine (C=N–C) groups is 1. The molecule has 0 fully saturated rings. The lowest BCUT2D eigenvalue weighted by Crippen LogP contribution is -2.64. The first-order valence-electron chi connectivity index (χ1n) is 12.2. The standard InChI is InChI=1S/C26H39N3O6S/c1-23(2,3)34-21(30)29(22(31)35-24(4,5)6)20-25(7,8)36(32,33)19-12-10-11-16-13-14-17(27)15-18(16)26(19,9)28-20/h13-15,19H,10-12,27H2,1-9H3/t19-,26-/m1/s1. The number of nitrogens with zero attached hydrogens (tertiary/aromatic N) is 2. The fourth-order valence-corrected chi connectivity index (χ4v) is 7.19. The maximum absolute atomic E-state index is 14.2. The van der Waals surface area contributed by atoms with Gasteiger partial charge in [0.15, 0.2) is 9.84 Å². The average Bonchev–Trinajstić information content (AvgIpc) is 2.81. The zero-order valence-corrected chi connectivity index (χ0v) is 23.6. The van der Waals surface area contributed by atoms with Crippen LogP contribution in [0, 0.1) is 0 Å². The van der Waals surface area contributed by atoms with E-state index in [2.05, 4.69) is 0 Å². The predicted octanol–water partition coefficient (Wildman–Crippen LogP) is 4.97. The summed E-state index contributed by atoms with van der Waals surface area (Å²) in [5.74, 6) is -0.236. The summed E-state index contributed by atoms with van der Waals surface area (Å²) < 4.78 is 37.8. The van der Waals surface area contributed by atoms with Crippen LogP contribution in [0.25, 0.3) is 0 Å². The molecule has 0 bridgehead atoms. The van der Waals surface area contributed by atoms with Gasteiger partial charge in [0, 0.05) is 5.69 Å². The lowest BCUT2D eigenvalue weighted by Gasteiger charge is -2.46. The number of carbonyl (C=O) groups excluding carboxylic acids is 2. The molecule has 200 valence electrons. The van der Waals surface area contributed by atoms with Crippen LogP contribution in [0.2, 0.25) is 0 Å². The van der Waals surface area contributed by atoms with Gasteiger partial charge in [-0.25, -0.2) is 18.0 Å². The first kappa shape index (κ1) is 28.0. The first-order valence-corrected chi connectivity index (χ1v) is 13.7. The molecule has 2 aliphatic rings. The Hall–Kier alpha value is -2.62. The Balaban J connectivity index is 2.34. The monoisotopic (exact) mass is 521 g/mol. The van der Waals surface area contributed by atoms with Gasteiger partial charge in [-0.15, -0.1) is 0 Å². The van der Waals surface area contributed by atoms with Crippen molar-refractivity contribution in [2.45, 2.75) is 108 Å². The highest BCUT2D eigenvalue weighted by Gasteiger charge is 2.60. The van der Waals surface area contributed by atoms with Crippen molar-refractivity contribution >= 4 is 33.5 Å². The minimum absolute atomic E-state index is 0.236. The van der Waals surface area contributed by atoms with Crippen LogP contribution in [0.1, 0.15) is 86.3 Å². The molecule has 0 radical (unpaired) electrons. The van der Waals surface area contributed by atoms with Crippen LogP contribution in [0.15, 0.2) is 23.2 Å². The van der Waals surface area contributed by atoms with Crippen molar-refractivity contribution in [2.24, 2.45) is 4.99 Å². The number of anilines is 1. The highest BCUT2D eigenvalue weighted by molar-refractivity contribution is 7.94. The third-order valence-electron chi connectivity index (χ3n) is 6.55. The molecule has 0 spiro atoms. The predicted molar refractivity (Wildman–Crippen MR) is 140 cm³/mol. The zero-order chi connectivity index (χ0) is 27.5. The first-order chi connectivity index (χ1) is 16.2. The zero-order valence-electron chi connectivity index (χ0n) is 22.8. The number of nitrogen functional groups attached to an aromatic ring is 1. The summed E-state index contributed by atoms with van der Waals surface area (Å²) in [4.78, 5) is 32.4. The summed E-state index contributed by atoms with van der Waals surface area (Å²) in [6.07, 6.45) is -0.403. The normalized spacial score (nSPS) is 24.9. The molecule has 1 aliphatic heterocycles. The van der Waals surface area contributed by atoms with Crippen molar-refractivity contribution in [1.29, 1.82) is 0 Å². The Morgan fingerprint density at radius 3 is 2.06 bits per heavy atom. The number of fused-ring (bicyclic) bond motifs is 3. The summed E-state index contributed by atoms with van der Waals surface area (Å²) >= 11 is 0. The largest absolute Gasteiger partial charge is 0.443 e. The number of rotatable bonds is 0. The maximum Gasteiger partial charge on any atom is 0.425 e. The van der Waals surface area contributed by atoms with E-state index in [-0.39, 0.29) is 5.84 Å². The lowest BCUT2D eigenvalue weighted by molar-refractivity contribution is 0.0138. The minimum Gasteiger partial charge on any atom is -0.443 e. The number of imide groups is 1. The van der Waals surface area contributed by atoms with E-state index in [0.29, 0.717) is 35.4 Å². The summed E-state index contributed by atoms with van der Waals surface area (Å²) in [6.45, 7) is 14.6. The van der Waals surface area contributed by atoms with Gasteiger partial charge in [-0.1, -0.05) is 6.07 Å². The van der Waals surface area contributed by atoms with E-state index in [0.717, 1.165) is 5.56 Å². The fourth-order valence-electron chi connectivity index (χ4n) is 4.82. The van der Waals surface area contributed by atoms with Gasteiger partial charge in [-0.3, -0.25) is 4.99 Å². The van der Waals surface area contributed by atoms with Gasteiger partial charge in [-0.05, 0) is 105 Å². The van der Waals surface area contributed by atoms with Crippen molar-refractivity contribution in [1.82, 2.24) is 4.90 Å². The van der Waals surface area contributed by atoms with Gasteiger partial charge in [0.25, 0.3) is 0 Å². The van der Waals surface area contributed by atoms with Crippen LogP contribution in [-0.4, -0.2) is 52.5 Å². The second kappa shape index (κ2) is 8.75. The molecule has 9 nitrogen and oxygen atoms in total. The highest BCUT2D eigenvalue weighted by Crippen LogP contribution is 2.48. The molecule has 2 amide bonds. The topological polar surface area (TPSA) is 128 Å². The number of ether oxygens (including phenoxy) is 2. The number of benzene rings is 1. The molecule has 1 aromatic carbocycles. The average molecular weight is 522 g/mol. The van der Waals surface area contributed by atoms with E-state index in [1.165, 1.54) is 13.8 Å². The molecular weight excluding hydrogens is 482 g/mol. The van der Waals surface area contributed by atoms with Crippen LogP contribution >= 0.6 is 0 Å². The Morgan fingerprint density at radius 2 is 1.56 bits per heavy atom. The molecule has 3 rings (SSSR count). The fraction of sp³-hybridized carbons (Fsp3) is 0.654. The van der Waals surface area contributed by atoms with Crippen LogP contribution in [0.3, 0.4) is 0 Å². The Bertz CT molecular complexity index is 1180. The van der Waals surface area contributed by atoms with E-state index < -0.39 is 48.8 Å². The van der Waals surface area contributed by atoms with Gasteiger partial charge >= 0.3 is 12.2 Å². The number of hydrogen-bond acceptors (Lipinski definition) is 8. The Kier molecular flexibility index (Phi) is 6.79. The molecule has 1 aliphatic carbocycles. The summed E-state index contributed by atoms with van der Waals surface area (Å²) in [6, 6.07) is 5.41. The van der Waals surface area contributed by atoms with Gasteiger partial charge in [0.05, 0.1) is 5.25 Å². The van der Waals surface area contributed by atoms with Gasteiger partial charge < -0.3 is 15.2 Å². The SMILES string of the molecule is CC(C)(C)OC(=O)N(C(=O)OC(C)(C)C)C1=N[C@]2(C)c3cc(N)ccc3CCC[C@H]2S(=O)(=O)C1(C)C. The molecular formula is C26H39N3O6S. The molecule has 2 N–H and O–H groups in total. The third-order valence-corrected chi connectivity index (χ3v) is 9.59. The molecule has 0 aromatic heterocycles. The maximum atomic E-state index is 14.2. The number of amides is 2. The van der Waals surface area contributed by atoms with Crippen LogP contribution in [0.4, 0.5) is 15.3 Å². The lowest BCUT2D eigenvalue weighted by atomic mass is 9.85. The molecule has 0 saturated carbocycles. The molecule has 2 atom stereocenters. The highest BCUT2D eigenvalue weighted by atomic mass is 32.2. The minimum atomic E-state index is -3.98. The van der Waals surface area contributed by atoms with E-state index in [1.807, 2.05) is 6.07 Å². The molecule has 0 saturated heterocycles. The van der Waals surface area contributed by atoms with Crippen molar-refractivity contribution in [3.05, 3.63) is 29.3 Å². The number of carbonyl (C=O) groups is 2. The number of sulfone groups is 1. The molecule has 0 unspecified atom stereocenters. The number of nitrogens with two attached hydrogens (primary N) is 1. The molecule has 1 aromatic rings. The summed E-state index contributed by atoms with van der Waals surface area (Å²) in [7, 11) is -3.98. The van der Waals surface area contributed by atoms with E-state index >= 15 is 0 Å². The van der Waals surface area contributed by atoms with Crippen LogP contribution < -0.4 is 5.73 Å². The van der Waals surface area contributed by atoms with E-state index in [4.69, 9.17) is 20.2 Å². The Labute approximate surface area is 214 Å². The quantitative estimate of drug-likeness (QED) is 0.477. The second-order valence-corrected chi connectivity index (χ2v) is 14.9. The van der Waals surface area contributed by atoms with Crippen molar-refractivity contribution < 1.29 is 27.5 Å². The van der Waals surface area contributed by atoms with Gasteiger partial charge in [0.2, 0.25) is 0 Å². The summed E-state index contributed by atoms with van der Waals surface area (Å²) in [5.41, 5.74) is 5.01. The van der Waals surface area contributed by atoms with E-state index in [9.17, 15) is 18.0 Å². The van der Waals surface area contributed by atoms with Crippen molar-refractivity contribution in [3.8, 4) is 0 Å². The third kappa shape index (κ3) is 4.96. The number of hydrogen-bond donors (Lipinski definition) is 1. The van der Waals surface area contributed by atoms with Crippen LogP contribution in [0.5, 0.6) is 0 Å². The molecule has 36 heavy (non-hydrogen) atoms. The van der Waals surface area contributed by atoms with E-state index in [1.54, 1.807) is 60.6 Å². The summed E-state index contributed by atoms with van der Waals surface area (Å²) in [5, 5.41) is -0.870. The second-order valence-electron chi connectivity index (χ2n) is 12.2. The van der Waals surface area contributed by atoms with Crippen LogP contribution in [-0.2, 0) is 31.3 Å². The number of aryl methyl sites for hydroxylation is 1. The van der Waals surface area contributed by atoms with Gasteiger partial charge in [-0.2, -0.15) is 4.90 Å². The molecule has 10 heteroatoms. The van der Waals surface area contributed by atoms with Crippen molar-refractivity contribution in [3.63, 3.8) is 0 Å². The van der Waals surface area contributed by atoms with Gasteiger partial charge in [0.1, 0.15) is 27.3 Å².